The Labute approximate surface area is 212 Å². The summed E-state index contributed by atoms with van der Waals surface area (Å²) in [4.78, 5) is 18.4. The Morgan fingerprint density at radius 3 is 2.11 bits per heavy atom. The highest BCUT2D eigenvalue weighted by Crippen LogP contribution is 2.31. The molecule has 0 atom stereocenters. The Hall–Kier alpha value is -2.97. The Bertz CT molecular complexity index is 1310. The van der Waals surface area contributed by atoms with E-state index in [2.05, 4.69) is 9.88 Å². The van der Waals surface area contributed by atoms with E-state index in [9.17, 15) is 17.5 Å². The Morgan fingerprint density at radius 1 is 0.917 bits per heavy atom. The molecule has 0 saturated carbocycles. The molecule has 1 N–H and O–H groups in total. The van der Waals surface area contributed by atoms with Crippen molar-refractivity contribution in [1.82, 2.24) is 14.5 Å². The summed E-state index contributed by atoms with van der Waals surface area (Å²) in [5.74, 6) is -0.466. The second-order valence-electron chi connectivity index (χ2n) is 9.43. The average molecular weight is 512 g/mol. The number of hydrogen-bond acceptors (Lipinski definition) is 3. The first-order valence-electron chi connectivity index (χ1n) is 12.3. The molecule has 0 spiro atoms. The molecule has 0 bridgehead atoms. The van der Waals surface area contributed by atoms with E-state index >= 15 is 0 Å². The number of H-pyrrole nitrogens is 1. The van der Waals surface area contributed by atoms with E-state index in [0.717, 1.165) is 62.0 Å². The number of fused-ring (bicyclic) bond motifs is 1. The lowest BCUT2D eigenvalue weighted by Crippen LogP contribution is -2.37. The van der Waals surface area contributed by atoms with Crippen LogP contribution in [0.3, 0.4) is 0 Å². The van der Waals surface area contributed by atoms with Gasteiger partial charge in [-0.2, -0.15) is 3.89 Å². The molecule has 1 aliphatic rings. The summed E-state index contributed by atoms with van der Waals surface area (Å²) in [6.45, 7) is 2.70. The molecular weight excluding hydrogens is 483 g/mol. The van der Waals surface area contributed by atoms with Crippen molar-refractivity contribution < 1.29 is 12.7 Å². The zero-order valence-electron chi connectivity index (χ0n) is 19.8. The maximum absolute atomic E-state index is 13.5. The number of piperidine rings is 1. The topological polar surface area (TPSA) is 41.0 Å². The molecule has 1 saturated heterocycles. The smallest absolute Gasteiger partial charge is 0.305 e. The highest BCUT2D eigenvalue weighted by Gasteiger charge is 2.24. The fourth-order valence-electron chi connectivity index (χ4n) is 5.36. The summed E-state index contributed by atoms with van der Waals surface area (Å²) in [7, 11) is 0. The van der Waals surface area contributed by atoms with Crippen LogP contribution in [0, 0.1) is 11.6 Å². The summed E-state index contributed by atoms with van der Waals surface area (Å²) in [5.41, 5.74) is 3.38. The van der Waals surface area contributed by atoms with Gasteiger partial charge in [0.2, 0.25) is 0 Å². The first kappa shape index (κ1) is 24.7. The number of aromatic nitrogens is 2. The summed E-state index contributed by atoms with van der Waals surface area (Å²) < 4.78 is 41.7. The van der Waals surface area contributed by atoms with Crippen LogP contribution in [0.5, 0.6) is 0 Å². The van der Waals surface area contributed by atoms with E-state index in [1.54, 1.807) is 12.1 Å². The number of nitrogens with one attached hydrogen (secondary N) is 1. The minimum atomic E-state index is -0.268. The molecule has 36 heavy (non-hydrogen) atoms. The molecule has 5 rings (SSSR count). The maximum atomic E-state index is 13.5. The number of nitrogens with zero attached hydrogens (tertiary/aromatic N) is 2. The molecule has 1 aliphatic heterocycles. The van der Waals surface area contributed by atoms with Crippen molar-refractivity contribution in [3.8, 4) is 0 Å². The molecule has 188 valence electrons. The van der Waals surface area contributed by atoms with Crippen molar-refractivity contribution in [2.45, 2.75) is 42.5 Å². The molecule has 0 radical (unpaired) electrons. The van der Waals surface area contributed by atoms with Crippen LogP contribution in [0.1, 0.15) is 48.8 Å². The summed E-state index contributed by atoms with van der Waals surface area (Å²) in [6.07, 6.45) is 3.55. The fraction of sp³-hybridized carbons (Fsp3) is 0.321. The lowest BCUT2D eigenvalue weighted by atomic mass is 9.87. The van der Waals surface area contributed by atoms with Crippen LogP contribution in [0.15, 0.2) is 76.4 Å². The third-order valence-corrected chi connectivity index (χ3v) is 7.64. The Balaban J connectivity index is 1.21. The van der Waals surface area contributed by atoms with Crippen molar-refractivity contribution in [3.63, 3.8) is 0 Å². The summed E-state index contributed by atoms with van der Waals surface area (Å²) in [6, 6.07) is 18.4. The number of benzene rings is 3. The van der Waals surface area contributed by atoms with Gasteiger partial charge in [-0.25, -0.2) is 13.6 Å². The zero-order chi connectivity index (χ0) is 25.1. The van der Waals surface area contributed by atoms with Crippen molar-refractivity contribution in [2.75, 3.05) is 19.6 Å². The van der Waals surface area contributed by atoms with Gasteiger partial charge in [-0.05, 0) is 85.8 Å². The molecular formula is C28H28F3N3OS. The number of rotatable bonds is 8. The van der Waals surface area contributed by atoms with Crippen molar-refractivity contribution >= 4 is 23.2 Å². The number of likely N-dealkylation sites (tertiary alicyclic amines) is 1. The predicted molar refractivity (Wildman–Crippen MR) is 138 cm³/mol. The van der Waals surface area contributed by atoms with Crippen LogP contribution in [0.25, 0.3) is 11.0 Å². The van der Waals surface area contributed by atoms with E-state index in [-0.39, 0.29) is 41.4 Å². The van der Waals surface area contributed by atoms with Gasteiger partial charge in [-0.1, -0.05) is 24.3 Å². The molecule has 0 unspecified atom stereocenters. The Kier molecular flexibility index (Phi) is 7.53. The quantitative estimate of drug-likeness (QED) is 0.282. The number of imidazole rings is 1. The standard InChI is InChI=1S/C28H28F3N3OS/c29-21-7-3-19(4-8-21)25(20-5-9-22(30)10-6-20)2-1-15-33-16-13-23(14-17-33)34-27-12-11-24(36-31)18-26(27)32-28(34)35/h3-12,18,23,25H,1-2,13-17H2,(H,32,35). The molecule has 8 heteroatoms. The van der Waals surface area contributed by atoms with Crippen LogP contribution in [0.2, 0.25) is 0 Å². The molecule has 1 aromatic heterocycles. The maximum Gasteiger partial charge on any atom is 0.326 e. The van der Waals surface area contributed by atoms with Gasteiger partial charge in [0.1, 0.15) is 11.6 Å². The largest absolute Gasteiger partial charge is 0.326 e. The van der Waals surface area contributed by atoms with Gasteiger partial charge in [-0.3, -0.25) is 4.57 Å². The van der Waals surface area contributed by atoms with Gasteiger partial charge in [0.15, 0.2) is 0 Å². The minimum Gasteiger partial charge on any atom is -0.305 e. The fourth-order valence-corrected chi connectivity index (χ4v) is 5.64. The normalized spacial score (nSPS) is 15.2. The first-order chi connectivity index (χ1) is 17.5. The summed E-state index contributed by atoms with van der Waals surface area (Å²) >= 11 is 0.171. The van der Waals surface area contributed by atoms with E-state index in [0.29, 0.717) is 10.4 Å². The predicted octanol–water partition coefficient (Wildman–Crippen LogP) is 6.83. The van der Waals surface area contributed by atoms with Gasteiger partial charge >= 0.3 is 5.69 Å². The highest BCUT2D eigenvalue weighted by atomic mass is 32.2. The molecule has 0 amide bonds. The van der Waals surface area contributed by atoms with Crippen LogP contribution in [0.4, 0.5) is 12.7 Å². The van der Waals surface area contributed by atoms with Crippen LogP contribution < -0.4 is 5.69 Å². The minimum absolute atomic E-state index is 0.0703. The van der Waals surface area contributed by atoms with Crippen LogP contribution in [-0.4, -0.2) is 34.1 Å². The van der Waals surface area contributed by atoms with E-state index in [1.807, 2.05) is 34.9 Å². The van der Waals surface area contributed by atoms with E-state index in [4.69, 9.17) is 0 Å². The molecule has 1 fully saturated rings. The van der Waals surface area contributed by atoms with E-state index < -0.39 is 0 Å². The Morgan fingerprint density at radius 2 is 1.53 bits per heavy atom. The van der Waals surface area contributed by atoms with Gasteiger partial charge < -0.3 is 9.88 Å². The number of aromatic amines is 1. The van der Waals surface area contributed by atoms with Gasteiger partial charge in [-0.15, -0.1) is 0 Å². The third-order valence-electron chi connectivity index (χ3n) is 7.21. The second kappa shape index (κ2) is 11.0. The molecule has 3 aromatic carbocycles. The van der Waals surface area contributed by atoms with Gasteiger partial charge in [0.25, 0.3) is 0 Å². The average Bonchev–Trinajstić information content (AvgIpc) is 3.23. The SMILES string of the molecule is O=c1[nH]c2cc(SF)ccc2n1C1CCN(CCCC(c2ccc(F)cc2)c2ccc(F)cc2)CC1. The monoisotopic (exact) mass is 511 g/mol. The van der Waals surface area contributed by atoms with Crippen molar-refractivity contribution in [3.05, 3.63) is 100.0 Å². The van der Waals surface area contributed by atoms with Crippen LogP contribution >= 0.6 is 12.1 Å². The van der Waals surface area contributed by atoms with Crippen LogP contribution in [-0.2, 0) is 0 Å². The lowest BCUT2D eigenvalue weighted by molar-refractivity contribution is 0.183. The van der Waals surface area contributed by atoms with Gasteiger partial charge in [0, 0.05) is 29.9 Å². The van der Waals surface area contributed by atoms with Crippen molar-refractivity contribution in [2.24, 2.45) is 0 Å². The summed E-state index contributed by atoms with van der Waals surface area (Å²) in [5, 5.41) is 0. The zero-order valence-corrected chi connectivity index (χ0v) is 20.6. The molecule has 4 nitrogen and oxygen atoms in total. The third kappa shape index (κ3) is 5.39. The van der Waals surface area contributed by atoms with Gasteiger partial charge in [0.05, 0.1) is 23.2 Å². The lowest BCUT2D eigenvalue weighted by Gasteiger charge is -2.33. The molecule has 4 aromatic rings. The number of hydrogen-bond donors (Lipinski definition) is 1. The second-order valence-corrected chi connectivity index (χ2v) is 10.1. The van der Waals surface area contributed by atoms with Crippen molar-refractivity contribution in [1.29, 1.82) is 0 Å². The number of halogens is 3. The molecule has 2 heterocycles. The highest BCUT2D eigenvalue weighted by molar-refractivity contribution is 7.94. The first-order valence-corrected chi connectivity index (χ1v) is 13.0. The van der Waals surface area contributed by atoms with E-state index in [1.165, 1.54) is 24.3 Å². The molecule has 0 aliphatic carbocycles.